The van der Waals surface area contributed by atoms with Gasteiger partial charge in [-0.25, -0.2) is 43.2 Å². The molecule has 1 unspecified atom stereocenters. The van der Waals surface area contributed by atoms with E-state index in [1.54, 1.807) is 0 Å². The Labute approximate surface area is 634 Å². The summed E-state index contributed by atoms with van der Waals surface area (Å²) in [6, 6.07) is 25.8. The molecule has 99 heavy (non-hydrogen) atoms. The van der Waals surface area contributed by atoms with Gasteiger partial charge in [-0.1, -0.05) is 78.9 Å². The third-order valence-electron chi connectivity index (χ3n) is 15.2. The number of carboxylic acid groups (broad SMARTS) is 8. The molecule has 0 fully saturated rings. The predicted molar refractivity (Wildman–Crippen MR) is 393 cm³/mol. The van der Waals surface area contributed by atoms with E-state index in [-0.39, 0.29) is 116 Å². The van der Waals surface area contributed by atoms with E-state index in [1.165, 1.54) is 136 Å². The smallest absolute Gasteiger partial charge is 0.340 e. The summed E-state index contributed by atoms with van der Waals surface area (Å²) in [7, 11) is 0. The first-order valence-electron chi connectivity index (χ1n) is 28.0. The molecule has 0 bridgehead atoms. The van der Waals surface area contributed by atoms with E-state index in [1.807, 2.05) is 0 Å². The Kier molecular flexibility index (Phi) is 22.9. The van der Waals surface area contributed by atoms with E-state index < -0.39 is 136 Å². The summed E-state index contributed by atoms with van der Waals surface area (Å²) in [6.45, 7) is 4.33. The van der Waals surface area contributed by atoms with Crippen molar-refractivity contribution >= 4 is 197 Å². The highest BCUT2D eigenvalue weighted by molar-refractivity contribution is 9.12. The summed E-state index contributed by atoms with van der Waals surface area (Å²) in [6.07, 6.45) is -1.35. The van der Waals surface area contributed by atoms with Crippen molar-refractivity contribution in [2.24, 2.45) is 0 Å². The van der Waals surface area contributed by atoms with Crippen LogP contribution in [0, 0.1) is 0 Å². The van der Waals surface area contributed by atoms with Gasteiger partial charge in [-0.05, 0) is 240 Å². The standard InChI is InChI=1S/C69H41Br9O21/c1-25(79)24-69(2,3)97-68(96)48-43(31-14-8-20-37(53(31)74)64(88)89)41(29-12-6-18-35(51(29)72)62(84)85)46(44-26(22-23-39(55(44)76)66(92)93)27-10-4-16-33(49(27)70)60(80)81)59(57(48)78)99-98-58-45(32-15-9-21-38(54(32)75)65(90)91)40(28-11-5-17-34(50(28)71)61(82)83)42(47(56(58)77)67(94)95)30-13-7-19-36(52(30)73)63(86)87/h4-23,25,79H,24H2,1-3H3,(H,80,81)(H,82,83)(H,84,85)(H,86,87)(H,88,89)(H,90,91)(H,92,93)(H,94,95). The number of rotatable bonds is 22. The lowest BCUT2D eigenvalue weighted by atomic mass is 9.81. The molecule has 1 atom stereocenters. The number of hydrogen-bond donors (Lipinski definition) is 9. The lowest BCUT2D eigenvalue weighted by molar-refractivity contribution is -0.100. The number of ether oxygens (including phenoxy) is 1. The normalized spacial score (nSPS) is 11.6. The molecule has 0 saturated heterocycles. The fraction of sp³-hybridized carbons (Fsp3) is 0.0870. The Morgan fingerprint density at radius 2 is 0.606 bits per heavy atom. The Hall–Kier alpha value is -7.91. The van der Waals surface area contributed by atoms with E-state index in [4.69, 9.17) is 14.5 Å². The second-order valence-electron chi connectivity index (χ2n) is 21.9. The van der Waals surface area contributed by atoms with Gasteiger partial charge in [-0.15, -0.1) is 0 Å². The maximum absolute atomic E-state index is 16.0. The minimum atomic E-state index is -1.78. The molecule has 9 aromatic rings. The number of benzene rings is 9. The van der Waals surface area contributed by atoms with Crippen molar-refractivity contribution < 1.29 is 104 Å². The maximum atomic E-state index is 16.0. The van der Waals surface area contributed by atoms with Crippen LogP contribution in [0.1, 0.15) is 120 Å². The first-order chi connectivity index (χ1) is 46.6. The molecule has 0 radical (unpaired) electrons. The summed E-state index contributed by atoms with van der Waals surface area (Å²) >= 11 is 31.4. The molecule has 21 nitrogen and oxygen atoms in total. The molecule has 0 amide bonds. The Morgan fingerprint density at radius 3 is 0.949 bits per heavy atom. The van der Waals surface area contributed by atoms with Crippen molar-refractivity contribution in [2.75, 3.05) is 0 Å². The van der Waals surface area contributed by atoms with Crippen molar-refractivity contribution in [3.05, 3.63) is 212 Å². The van der Waals surface area contributed by atoms with Crippen molar-refractivity contribution in [3.8, 4) is 89.4 Å². The number of hydrogen-bond acceptors (Lipinski definition) is 13. The third kappa shape index (κ3) is 14.4. The molecular weight excluding hydrogens is 1880 g/mol. The summed E-state index contributed by atoms with van der Waals surface area (Å²) in [5.41, 5.74) is -9.38. The fourth-order valence-electron chi connectivity index (χ4n) is 11.2. The highest BCUT2D eigenvalue weighted by Gasteiger charge is 2.41. The lowest BCUT2D eigenvalue weighted by Gasteiger charge is -2.30. The molecule has 9 aromatic carbocycles. The van der Waals surface area contributed by atoms with Gasteiger partial charge in [0.25, 0.3) is 0 Å². The van der Waals surface area contributed by atoms with Crippen LogP contribution in [0.25, 0.3) is 77.9 Å². The van der Waals surface area contributed by atoms with Gasteiger partial charge in [-0.3, -0.25) is 9.78 Å². The fourth-order valence-corrected chi connectivity index (χ4v) is 17.0. The van der Waals surface area contributed by atoms with Crippen LogP contribution in [0.15, 0.2) is 162 Å². The molecule has 9 N–H and O–H groups in total. The van der Waals surface area contributed by atoms with E-state index >= 15 is 4.79 Å². The average molecular weight is 1930 g/mol. The van der Waals surface area contributed by atoms with Crippen LogP contribution in [0.2, 0.25) is 0 Å². The van der Waals surface area contributed by atoms with Gasteiger partial charge in [-0.2, -0.15) is 0 Å². The third-order valence-corrected chi connectivity index (χ3v) is 22.7. The minimum Gasteiger partial charge on any atom is -0.478 e. The molecular formula is C69H41Br9O21. The first-order valence-corrected chi connectivity index (χ1v) is 35.2. The second kappa shape index (κ2) is 30.1. The largest absolute Gasteiger partial charge is 0.478 e. The average Bonchev–Trinajstić information content (AvgIpc) is 0.721. The second-order valence-corrected chi connectivity index (χ2v) is 29.1. The van der Waals surface area contributed by atoms with Gasteiger partial charge in [0.1, 0.15) is 5.60 Å². The van der Waals surface area contributed by atoms with Gasteiger partial charge in [0.2, 0.25) is 11.5 Å². The molecule has 0 aliphatic heterocycles. The zero-order valence-electron chi connectivity index (χ0n) is 50.2. The van der Waals surface area contributed by atoms with Gasteiger partial charge < -0.3 is 50.7 Å². The van der Waals surface area contributed by atoms with Gasteiger partial charge in [0.05, 0.1) is 65.1 Å². The van der Waals surface area contributed by atoms with E-state index in [2.05, 4.69) is 143 Å². The summed E-state index contributed by atoms with van der Waals surface area (Å²) in [5, 5.41) is 97.9. The van der Waals surface area contributed by atoms with Gasteiger partial charge in [0.15, 0.2) is 0 Å². The molecule has 9 rings (SSSR count). The molecule has 30 heteroatoms. The maximum Gasteiger partial charge on any atom is 0.340 e. The predicted octanol–water partition coefficient (Wildman–Crippen LogP) is 19.9. The first kappa shape index (κ1) is 75.3. The van der Waals surface area contributed by atoms with Crippen LogP contribution < -0.4 is 9.78 Å². The van der Waals surface area contributed by atoms with Crippen LogP contribution in [-0.4, -0.2) is 111 Å². The molecule has 0 spiro atoms. The van der Waals surface area contributed by atoms with Crippen molar-refractivity contribution in [1.29, 1.82) is 0 Å². The lowest BCUT2D eigenvalue weighted by Crippen LogP contribution is -2.32. The quantitative estimate of drug-likeness (QED) is 0.0173. The highest BCUT2D eigenvalue weighted by atomic mass is 79.9. The molecule has 0 aromatic heterocycles. The SMILES string of the molecule is CC(O)CC(C)(C)OC(=O)c1c(Br)c(OOc2c(Br)c(C(=O)O)c(-c3cccc(C(=O)O)c3Br)c(-c3cccc(C(=O)O)c3Br)c2-c2cccc(C(=O)O)c2Br)c(-c2c(-c3cccc(C(=O)O)c3Br)ccc(C(=O)O)c2Br)c(-c2cccc(C(=O)O)c2Br)c1-c1cccc(C(=O)O)c1Br. The van der Waals surface area contributed by atoms with Gasteiger partial charge in [0, 0.05) is 82.2 Å². The Morgan fingerprint density at radius 1 is 0.323 bits per heavy atom. The van der Waals surface area contributed by atoms with Crippen LogP contribution in [-0.2, 0) is 4.74 Å². The van der Waals surface area contributed by atoms with Crippen LogP contribution in [0.5, 0.6) is 11.5 Å². The summed E-state index contributed by atoms with van der Waals surface area (Å²) < 4.78 is 3.56. The van der Waals surface area contributed by atoms with Crippen LogP contribution in [0.4, 0.5) is 0 Å². The molecule has 0 aliphatic rings. The number of esters is 1. The number of halogens is 9. The Bertz CT molecular complexity index is 5040. The molecule has 506 valence electrons. The zero-order valence-corrected chi connectivity index (χ0v) is 64.4. The molecule has 0 aliphatic carbocycles. The van der Waals surface area contributed by atoms with Gasteiger partial charge >= 0.3 is 53.7 Å². The number of aromatic carboxylic acids is 8. The topological polar surface area (TPSA) is 363 Å². The minimum absolute atomic E-state index is 0.0145. The summed E-state index contributed by atoms with van der Waals surface area (Å²) in [4.78, 5) is 137. The number of carbonyl (C=O) groups is 9. The van der Waals surface area contributed by atoms with E-state index in [9.17, 15) is 84.3 Å². The number of carbonyl (C=O) groups excluding carboxylic acids is 1. The molecule has 0 saturated carbocycles. The number of carboxylic acids is 8. The van der Waals surface area contributed by atoms with Crippen molar-refractivity contribution in [2.45, 2.75) is 38.9 Å². The van der Waals surface area contributed by atoms with E-state index in [0.29, 0.717) is 0 Å². The van der Waals surface area contributed by atoms with Crippen molar-refractivity contribution in [3.63, 3.8) is 0 Å². The number of aliphatic hydroxyl groups is 1. The number of aliphatic hydroxyl groups excluding tert-OH is 1. The Balaban J connectivity index is 1.64. The zero-order chi connectivity index (χ0) is 72.9. The monoisotopic (exact) mass is 1920 g/mol. The van der Waals surface area contributed by atoms with Crippen LogP contribution >= 0.6 is 143 Å². The van der Waals surface area contributed by atoms with Crippen molar-refractivity contribution in [1.82, 2.24) is 0 Å². The highest BCUT2D eigenvalue weighted by Crippen LogP contribution is 2.60. The molecule has 0 heterocycles. The van der Waals surface area contributed by atoms with E-state index in [0.717, 1.165) is 6.07 Å². The van der Waals surface area contributed by atoms with Crippen LogP contribution in [0.3, 0.4) is 0 Å². The summed E-state index contributed by atoms with van der Waals surface area (Å²) in [5.74, 6) is -15.1.